The third-order valence-corrected chi connectivity index (χ3v) is 5.93. The molecule has 0 saturated heterocycles. The van der Waals surface area contributed by atoms with Crippen LogP contribution in [0.15, 0.2) is 83.6 Å². The molecule has 2 heterocycles. The maximum Gasteiger partial charge on any atom is 0.250 e. The largest absolute Gasteiger partial charge is 0.377 e. The van der Waals surface area contributed by atoms with Crippen LogP contribution in [0.3, 0.4) is 0 Å². The van der Waals surface area contributed by atoms with Crippen LogP contribution in [0.25, 0.3) is 10.8 Å². The lowest BCUT2D eigenvalue weighted by atomic mass is 10.1. The molecule has 2 aromatic carbocycles. The normalized spacial score (nSPS) is 11.1. The molecular formula is C25H25N7OS. The van der Waals surface area contributed by atoms with Gasteiger partial charge in [-0.25, -0.2) is 5.43 Å². The Balaban J connectivity index is 1.37. The summed E-state index contributed by atoms with van der Waals surface area (Å²) < 4.78 is 1.95. The number of amides is 1. The molecular weight excluding hydrogens is 446 g/mol. The SMILES string of the molecule is C=CCn1c(CNc2cccc3ccccc23)nnc1SCC(=O)N/N=C\c1cccc(C)n1. The summed E-state index contributed by atoms with van der Waals surface area (Å²) in [4.78, 5) is 16.5. The van der Waals surface area contributed by atoms with E-state index in [0.717, 1.165) is 22.6 Å². The van der Waals surface area contributed by atoms with E-state index < -0.39 is 0 Å². The smallest absolute Gasteiger partial charge is 0.250 e. The zero-order chi connectivity index (χ0) is 23.8. The number of nitrogens with zero attached hydrogens (tertiary/aromatic N) is 5. The first-order valence-electron chi connectivity index (χ1n) is 10.8. The van der Waals surface area contributed by atoms with Crippen molar-refractivity contribution in [3.63, 3.8) is 0 Å². The average Bonchev–Trinajstić information content (AvgIpc) is 3.23. The van der Waals surface area contributed by atoms with E-state index in [0.29, 0.717) is 23.9 Å². The highest BCUT2D eigenvalue weighted by molar-refractivity contribution is 7.99. The van der Waals surface area contributed by atoms with E-state index in [4.69, 9.17) is 0 Å². The molecule has 0 aliphatic heterocycles. The zero-order valence-corrected chi connectivity index (χ0v) is 19.6. The summed E-state index contributed by atoms with van der Waals surface area (Å²) in [7, 11) is 0. The number of rotatable bonds is 10. The van der Waals surface area contributed by atoms with Crippen molar-refractivity contribution in [1.82, 2.24) is 25.2 Å². The molecule has 4 aromatic rings. The number of pyridine rings is 1. The van der Waals surface area contributed by atoms with Crippen molar-refractivity contribution in [2.45, 2.75) is 25.2 Å². The second-order valence-corrected chi connectivity index (χ2v) is 8.41. The third-order valence-electron chi connectivity index (χ3n) is 4.96. The molecule has 0 aliphatic carbocycles. The maximum absolute atomic E-state index is 12.2. The van der Waals surface area contributed by atoms with Gasteiger partial charge in [0.1, 0.15) is 0 Å². The van der Waals surface area contributed by atoms with Crippen molar-refractivity contribution >= 4 is 40.3 Å². The zero-order valence-electron chi connectivity index (χ0n) is 18.8. The molecule has 2 aromatic heterocycles. The standard InChI is InChI=1S/C25H25N7OS/c1-3-14-32-23(16-26-22-13-7-10-19-9-4-5-12-21(19)22)29-31-25(32)34-17-24(33)30-27-15-20-11-6-8-18(2)28-20/h3-13,15,26H,1,14,16-17H2,2H3,(H,30,33)/b27-15-. The molecule has 1 amide bonds. The summed E-state index contributed by atoms with van der Waals surface area (Å²) in [6.45, 7) is 6.78. The maximum atomic E-state index is 12.2. The van der Waals surface area contributed by atoms with Crippen LogP contribution in [-0.4, -0.2) is 37.6 Å². The summed E-state index contributed by atoms with van der Waals surface area (Å²) in [6, 6.07) is 20.0. The topological polar surface area (TPSA) is 97.1 Å². The molecule has 0 bridgehead atoms. The van der Waals surface area contributed by atoms with E-state index in [1.807, 2.05) is 54.0 Å². The van der Waals surface area contributed by atoms with Crippen molar-refractivity contribution in [3.05, 3.63) is 90.5 Å². The van der Waals surface area contributed by atoms with E-state index in [9.17, 15) is 4.79 Å². The average molecular weight is 472 g/mol. The Hall–Kier alpha value is -3.98. The third kappa shape index (κ3) is 5.87. The van der Waals surface area contributed by atoms with Crippen LogP contribution in [0, 0.1) is 6.92 Å². The fourth-order valence-electron chi connectivity index (χ4n) is 3.39. The van der Waals surface area contributed by atoms with Crippen LogP contribution in [0.5, 0.6) is 0 Å². The lowest BCUT2D eigenvalue weighted by Gasteiger charge is -2.11. The predicted octanol–water partition coefficient (Wildman–Crippen LogP) is 4.18. The number of carbonyl (C=O) groups is 1. The monoisotopic (exact) mass is 471 g/mol. The number of benzene rings is 2. The lowest BCUT2D eigenvalue weighted by molar-refractivity contribution is -0.118. The van der Waals surface area contributed by atoms with Gasteiger partial charge in [0.2, 0.25) is 0 Å². The number of thioether (sulfide) groups is 1. The number of hydrazone groups is 1. The van der Waals surface area contributed by atoms with Gasteiger partial charge in [-0.05, 0) is 30.5 Å². The molecule has 0 saturated carbocycles. The molecule has 0 atom stereocenters. The minimum atomic E-state index is -0.238. The van der Waals surface area contributed by atoms with Crippen LogP contribution in [0.2, 0.25) is 0 Å². The van der Waals surface area contributed by atoms with Crippen molar-refractivity contribution in [3.8, 4) is 0 Å². The minimum Gasteiger partial charge on any atom is -0.377 e. The van der Waals surface area contributed by atoms with Gasteiger partial charge < -0.3 is 9.88 Å². The van der Waals surface area contributed by atoms with Crippen LogP contribution >= 0.6 is 11.8 Å². The highest BCUT2D eigenvalue weighted by atomic mass is 32.2. The van der Waals surface area contributed by atoms with Crippen molar-refractivity contribution in [1.29, 1.82) is 0 Å². The number of allylic oxidation sites excluding steroid dienone is 1. The number of anilines is 1. The fourth-order valence-corrected chi connectivity index (χ4v) is 4.15. The summed E-state index contributed by atoms with van der Waals surface area (Å²) >= 11 is 1.30. The van der Waals surface area contributed by atoms with E-state index in [-0.39, 0.29) is 11.7 Å². The van der Waals surface area contributed by atoms with Gasteiger partial charge in [-0.3, -0.25) is 9.78 Å². The van der Waals surface area contributed by atoms with Crippen molar-refractivity contribution < 1.29 is 4.79 Å². The first kappa shape index (κ1) is 23.2. The van der Waals surface area contributed by atoms with Gasteiger partial charge in [0, 0.05) is 23.3 Å². The van der Waals surface area contributed by atoms with E-state index >= 15 is 0 Å². The highest BCUT2D eigenvalue weighted by Crippen LogP contribution is 2.24. The number of carbonyl (C=O) groups excluding carboxylic acids is 1. The fraction of sp³-hybridized carbons (Fsp3) is 0.160. The molecule has 0 fully saturated rings. The number of hydrogen-bond donors (Lipinski definition) is 2. The van der Waals surface area contributed by atoms with Crippen LogP contribution in [0.1, 0.15) is 17.2 Å². The van der Waals surface area contributed by atoms with Crippen LogP contribution < -0.4 is 10.7 Å². The van der Waals surface area contributed by atoms with E-state index in [1.165, 1.54) is 23.4 Å². The molecule has 0 radical (unpaired) electrons. The Bertz CT molecular complexity index is 1330. The summed E-state index contributed by atoms with van der Waals surface area (Å²) in [5.74, 6) is 0.682. The number of hydrogen-bond acceptors (Lipinski definition) is 7. The number of aromatic nitrogens is 4. The van der Waals surface area contributed by atoms with Gasteiger partial charge in [-0.2, -0.15) is 5.10 Å². The van der Waals surface area contributed by atoms with Gasteiger partial charge in [-0.15, -0.1) is 16.8 Å². The van der Waals surface area contributed by atoms with Gasteiger partial charge in [-0.1, -0.05) is 60.3 Å². The molecule has 8 nitrogen and oxygen atoms in total. The van der Waals surface area contributed by atoms with Gasteiger partial charge in [0.25, 0.3) is 5.91 Å². The minimum absolute atomic E-state index is 0.157. The summed E-state index contributed by atoms with van der Waals surface area (Å²) in [6.07, 6.45) is 3.31. The first-order chi connectivity index (χ1) is 16.6. The first-order valence-corrected chi connectivity index (χ1v) is 11.8. The molecule has 0 spiro atoms. The second kappa shape index (κ2) is 11.2. The number of aryl methyl sites for hydroxylation is 1. The molecule has 172 valence electrons. The van der Waals surface area contributed by atoms with Crippen molar-refractivity contribution in [2.24, 2.45) is 5.10 Å². The summed E-state index contributed by atoms with van der Waals surface area (Å²) in [5, 5.41) is 19.0. The van der Waals surface area contributed by atoms with Gasteiger partial charge in [0.05, 0.1) is 24.2 Å². The highest BCUT2D eigenvalue weighted by Gasteiger charge is 2.13. The second-order valence-electron chi connectivity index (χ2n) is 7.46. The quantitative estimate of drug-likeness (QED) is 0.156. The Morgan fingerprint density at radius 3 is 2.79 bits per heavy atom. The van der Waals surface area contributed by atoms with Gasteiger partial charge >= 0.3 is 0 Å². The van der Waals surface area contributed by atoms with Crippen molar-refractivity contribution in [2.75, 3.05) is 11.1 Å². The number of fused-ring (bicyclic) bond motifs is 1. The molecule has 4 rings (SSSR count). The molecule has 34 heavy (non-hydrogen) atoms. The molecule has 0 aliphatic rings. The van der Waals surface area contributed by atoms with Crippen LogP contribution in [0.4, 0.5) is 5.69 Å². The Labute approximate surface area is 202 Å². The Morgan fingerprint density at radius 1 is 1.12 bits per heavy atom. The van der Waals surface area contributed by atoms with Gasteiger partial charge in [0.15, 0.2) is 11.0 Å². The van der Waals surface area contributed by atoms with Crippen LogP contribution in [-0.2, 0) is 17.9 Å². The van der Waals surface area contributed by atoms with E-state index in [1.54, 1.807) is 6.08 Å². The van der Waals surface area contributed by atoms with E-state index in [2.05, 4.69) is 55.8 Å². The predicted molar refractivity (Wildman–Crippen MR) is 137 cm³/mol. The molecule has 9 heteroatoms. The molecule has 0 unspecified atom stereocenters. The summed E-state index contributed by atoms with van der Waals surface area (Å²) in [5.41, 5.74) is 5.12. The Kier molecular flexibility index (Phi) is 7.67. The molecule has 2 N–H and O–H groups in total. The lowest BCUT2D eigenvalue weighted by Crippen LogP contribution is -2.20. The number of nitrogens with one attached hydrogen (secondary N) is 2. The Morgan fingerprint density at radius 2 is 1.94 bits per heavy atom.